The molecule has 0 aliphatic heterocycles. The molecular formula is C21H18F3N3O3. The molecule has 1 heterocycles. The monoisotopic (exact) mass is 417 g/mol. The lowest BCUT2D eigenvalue weighted by Gasteiger charge is -2.17. The van der Waals surface area contributed by atoms with Gasteiger partial charge in [0.1, 0.15) is 5.75 Å². The quantitative estimate of drug-likeness (QED) is 0.693. The van der Waals surface area contributed by atoms with Crippen LogP contribution in [0, 0.1) is 13.8 Å². The SMILES string of the molecule is COc1ccc(C)cc1NC(=O)c1nn(-c2ccccc2C(F)(F)F)c(C)cc1=O. The zero-order valence-electron chi connectivity index (χ0n) is 16.4. The molecule has 0 spiro atoms. The minimum absolute atomic E-state index is 0.154. The summed E-state index contributed by atoms with van der Waals surface area (Å²) in [6, 6.07) is 10.9. The minimum Gasteiger partial charge on any atom is -0.495 e. The van der Waals surface area contributed by atoms with Gasteiger partial charge < -0.3 is 10.1 Å². The molecule has 0 atom stereocenters. The number of carbonyl (C=O) groups is 1. The number of hydrogen-bond acceptors (Lipinski definition) is 4. The Kier molecular flexibility index (Phi) is 5.64. The molecule has 6 nitrogen and oxygen atoms in total. The average molecular weight is 417 g/mol. The molecule has 1 aromatic heterocycles. The first-order valence-corrected chi connectivity index (χ1v) is 8.85. The van der Waals surface area contributed by atoms with E-state index >= 15 is 0 Å². The number of aryl methyl sites for hydroxylation is 2. The number of ether oxygens (including phenoxy) is 1. The van der Waals surface area contributed by atoms with Crippen LogP contribution in [0.4, 0.5) is 18.9 Å². The fourth-order valence-electron chi connectivity index (χ4n) is 2.95. The number of benzene rings is 2. The number of anilines is 1. The van der Waals surface area contributed by atoms with E-state index in [9.17, 15) is 22.8 Å². The zero-order chi connectivity index (χ0) is 22.1. The molecule has 0 aliphatic carbocycles. The fraction of sp³-hybridized carbons (Fsp3) is 0.190. The van der Waals surface area contributed by atoms with Crippen LogP contribution in [0.3, 0.4) is 0 Å². The van der Waals surface area contributed by atoms with Gasteiger partial charge in [0.15, 0.2) is 5.69 Å². The molecule has 1 N–H and O–H groups in total. The molecule has 0 radical (unpaired) electrons. The number of halogens is 3. The molecule has 0 aliphatic rings. The summed E-state index contributed by atoms with van der Waals surface area (Å²) < 4.78 is 46.4. The van der Waals surface area contributed by atoms with Gasteiger partial charge in [0.25, 0.3) is 5.91 Å². The van der Waals surface area contributed by atoms with Crippen LogP contribution in [0.15, 0.2) is 53.3 Å². The van der Waals surface area contributed by atoms with E-state index in [4.69, 9.17) is 4.74 Å². The molecule has 156 valence electrons. The van der Waals surface area contributed by atoms with Gasteiger partial charge in [-0.2, -0.15) is 18.3 Å². The molecule has 9 heteroatoms. The van der Waals surface area contributed by atoms with E-state index in [1.54, 1.807) is 25.1 Å². The molecule has 0 unspecified atom stereocenters. The summed E-state index contributed by atoms with van der Waals surface area (Å²) >= 11 is 0. The van der Waals surface area contributed by atoms with Crippen LogP contribution in [-0.4, -0.2) is 22.8 Å². The second kappa shape index (κ2) is 8.02. The maximum Gasteiger partial charge on any atom is 0.418 e. The molecule has 0 saturated heterocycles. The van der Waals surface area contributed by atoms with Crippen LogP contribution >= 0.6 is 0 Å². The van der Waals surface area contributed by atoms with E-state index in [1.807, 2.05) is 0 Å². The van der Waals surface area contributed by atoms with Gasteiger partial charge >= 0.3 is 6.18 Å². The van der Waals surface area contributed by atoms with E-state index in [0.717, 1.165) is 22.4 Å². The lowest BCUT2D eigenvalue weighted by atomic mass is 10.1. The molecule has 3 aromatic rings. The Morgan fingerprint density at radius 2 is 1.80 bits per heavy atom. The maximum absolute atomic E-state index is 13.4. The van der Waals surface area contributed by atoms with E-state index in [2.05, 4.69) is 10.4 Å². The number of alkyl halides is 3. The highest BCUT2D eigenvalue weighted by Gasteiger charge is 2.34. The van der Waals surface area contributed by atoms with Crippen molar-refractivity contribution in [2.24, 2.45) is 0 Å². The molecule has 0 bridgehead atoms. The zero-order valence-corrected chi connectivity index (χ0v) is 16.4. The first kappa shape index (κ1) is 21.1. The molecular weight excluding hydrogens is 399 g/mol. The number of amides is 1. The number of carbonyl (C=O) groups excluding carboxylic acids is 1. The van der Waals surface area contributed by atoms with Crippen LogP contribution in [0.25, 0.3) is 5.69 Å². The first-order chi connectivity index (χ1) is 14.1. The van der Waals surface area contributed by atoms with Gasteiger partial charge in [0.05, 0.1) is 24.0 Å². The molecule has 0 fully saturated rings. The van der Waals surface area contributed by atoms with E-state index in [1.165, 1.54) is 32.2 Å². The summed E-state index contributed by atoms with van der Waals surface area (Å²) in [7, 11) is 1.42. The van der Waals surface area contributed by atoms with Crippen molar-refractivity contribution in [2.75, 3.05) is 12.4 Å². The second-order valence-electron chi connectivity index (χ2n) is 6.58. The lowest BCUT2D eigenvalue weighted by molar-refractivity contribution is -0.137. The molecule has 3 rings (SSSR count). The van der Waals surface area contributed by atoms with Crippen LogP contribution in [0.5, 0.6) is 5.75 Å². The number of hydrogen-bond donors (Lipinski definition) is 1. The van der Waals surface area contributed by atoms with Crippen LogP contribution in [0.2, 0.25) is 0 Å². The minimum atomic E-state index is -4.63. The average Bonchev–Trinajstić information content (AvgIpc) is 2.67. The van der Waals surface area contributed by atoms with Gasteiger partial charge in [-0.1, -0.05) is 18.2 Å². The Labute approximate surface area is 169 Å². The molecule has 2 aromatic carbocycles. The van der Waals surface area contributed by atoms with Crippen molar-refractivity contribution in [3.05, 3.63) is 81.3 Å². The highest BCUT2D eigenvalue weighted by Crippen LogP contribution is 2.33. The van der Waals surface area contributed by atoms with Crippen molar-refractivity contribution in [1.82, 2.24) is 9.78 Å². The van der Waals surface area contributed by atoms with Crippen molar-refractivity contribution < 1.29 is 22.7 Å². The van der Waals surface area contributed by atoms with Crippen molar-refractivity contribution in [2.45, 2.75) is 20.0 Å². The highest BCUT2D eigenvalue weighted by atomic mass is 19.4. The molecule has 1 amide bonds. The van der Waals surface area contributed by atoms with Gasteiger partial charge in [-0.3, -0.25) is 9.59 Å². The second-order valence-corrected chi connectivity index (χ2v) is 6.58. The lowest BCUT2D eigenvalue weighted by Crippen LogP contribution is -2.27. The number of para-hydroxylation sites is 1. The molecule has 0 saturated carbocycles. The predicted molar refractivity (Wildman–Crippen MR) is 105 cm³/mol. The Balaban J connectivity index is 2.09. The summed E-state index contributed by atoms with van der Waals surface area (Å²) in [5, 5.41) is 6.48. The number of methoxy groups -OCH3 is 1. The third kappa shape index (κ3) is 4.19. The summed E-state index contributed by atoms with van der Waals surface area (Å²) in [6.07, 6.45) is -4.63. The van der Waals surface area contributed by atoms with Gasteiger partial charge in [-0.15, -0.1) is 0 Å². The normalized spacial score (nSPS) is 11.3. The van der Waals surface area contributed by atoms with Gasteiger partial charge in [-0.05, 0) is 43.7 Å². The van der Waals surface area contributed by atoms with Crippen LogP contribution < -0.4 is 15.5 Å². The molecule has 30 heavy (non-hydrogen) atoms. The summed E-state index contributed by atoms with van der Waals surface area (Å²) in [6.45, 7) is 3.24. The van der Waals surface area contributed by atoms with Crippen LogP contribution in [0.1, 0.15) is 27.3 Å². The van der Waals surface area contributed by atoms with E-state index in [-0.39, 0.29) is 11.4 Å². The van der Waals surface area contributed by atoms with E-state index in [0.29, 0.717) is 11.4 Å². The Morgan fingerprint density at radius 3 is 2.47 bits per heavy atom. The Hall–Kier alpha value is -3.62. The standard InChI is InChI=1S/C21H18F3N3O3/c1-12-8-9-18(30-3)15(10-12)25-20(29)19-17(28)11-13(2)27(26-19)16-7-5-4-6-14(16)21(22,23)24/h4-11H,1-3H3,(H,25,29). The number of rotatable bonds is 4. The van der Waals surface area contributed by atoms with Crippen molar-refractivity contribution in [1.29, 1.82) is 0 Å². The fourth-order valence-corrected chi connectivity index (χ4v) is 2.95. The summed E-state index contributed by atoms with van der Waals surface area (Å²) in [5.41, 5.74) is -1.17. The number of aromatic nitrogens is 2. The summed E-state index contributed by atoms with van der Waals surface area (Å²) in [5.74, 6) is -0.494. The number of nitrogens with one attached hydrogen (secondary N) is 1. The Bertz CT molecular complexity index is 1170. The topological polar surface area (TPSA) is 73.2 Å². The van der Waals surface area contributed by atoms with Crippen molar-refractivity contribution in [3.8, 4) is 11.4 Å². The maximum atomic E-state index is 13.4. The third-order valence-electron chi connectivity index (χ3n) is 4.36. The Morgan fingerprint density at radius 1 is 1.10 bits per heavy atom. The van der Waals surface area contributed by atoms with Gasteiger partial charge in [0.2, 0.25) is 5.43 Å². The highest BCUT2D eigenvalue weighted by molar-refractivity contribution is 6.03. The van der Waals surface area contributed by atoms with E-state index < -0.39 is 28.8 Å². The smallest absolute Gasteiger partial charge is 0.418 e. The third-order valence-corrected chi connectivity index (χ3v) is 4.36. The predicted octanol–water partition coefficient (Wildman–Crippen LogP) is 4.13. The van der Waals surface area contributed by atoms with Gasteiger partial charge in [-0.25, -0.2) is 4.68 Å². The number of nitrogens with zero attached hydrogens (tertiary/aromatic N) is 2. The van der Waals surface area contributed by atoms with Crippen molar-refractivity contribution in [3.63, 3.8) is 0 Å². The van der Waals surface area contributed by atoms with Crippen molar-refractivity contribution >= 4 is 11.6 Å². The first-order valence-electron chi connectivity index (χ1n) is 8.85. The van der Waals surface area contributed by atoms with Crippen LogP contribution in [-0.2, 0) is 6.18 Å². The summed E-state index contributed by atoms with van der Waals surface area (Å²) in [4.78, 5) is 25.1. The van der Waals surface area contributed by atoms with Gasteiger partial charge in [0, 0.05) is 11.8 Å². The largest absolute Gasteiger partial charge is 0.495 e.